The first kappa shape index (κ1) is 10.5. The topological polar surface area (TPSA) is 30.2 Å². The predicted molar refractivity (Wildman–Crippen MR) is 48.3 cm³/mol. The van der Waals surface area contributed by atoms with Crippen LogP contribution in [0.3, 0.4) is 0 Å². The van der Waals surface area contributed by atoms with Crippen molar-refractivity contribution in [1.82, 2.24) is 0 Å². The molecule has 13 heavy (non-hydrogen) atoms. The molecule has 0 amide bonds. The fourth-order valence-corrected chi connectivity index (χ4v) is 1.27. The summed E-state index contributed by atoms with van der Waals surface area (Å²) in [6, 6.07) is 9.01. The first-order chi connectivity index (χ1) is 5.77. The van der Waals surface area contributed by atoms with E-state index in [9.17, 15) is 4.79 Å². The van der Waals surface area contributed by atoms with E-state index >= 15 is 0 Å². The molecule has 0 atom stereocenters. The second kappa shape index (κ2) is 4.09. The van der Waals surface area contributed by atoms with Crippen molar-refractivity contribution in [2.45, 2.75) is 6.92 Å². The molecule has 0 aliphatic rings. The van der Waals surface area contributed by atoms with E-state index in [2.05, 4.69) is 0 Å². The smallest absolute Gasteiger partial charge is 1.00 e. The molecule has 2 nitrogen and oxygen atoms in total. The zero-order valence-corrected chi connectivity index (χ0v) is 9.70. The van der Waals surface area contributed by atoms with E-state index in [4.69, 9.17) is 4.42 Å². The van der Waals surface area contributed by atoms with Crippen LogP contribution < -0.4 is 35.2 Å². The van der Waals surface area contributed by atoms with Crippen LogP contribution in [0.2, 0.25) is 0 Å². The molecular formula is C10H9NaO2. The van der Waals surface area contributed by atoms with Gasteiger partial charge in [0, 0.05) is 11.5 Å². The van der Waals surface area contributed by atoms with Crippen molar-refractivity contribution in [2.75, 3.05) is 0 Å². The fraction of sp³-hybridized carbons (Fsp3) is 0.100. The average molecular weight is 184 g/mol. The molecule has 0 unspecified atom stereocenters. The van der Waals surface area contributed by atoms with Gasteiger partial charge < -0.3 is 5.84 Å². The summed E-state index contributed by atoms with van der Waals surface area (Å²) in [7, 11) is 0. The monoisotopic (exact) mass is 184 g/mol. The SMILES string of the molecule is Cc1cc(=O)oc2ccccc12.[H-].[Na+]. The van der Waals surface area contributed by atoms with Gasteiger partial charge in [0.25, 0.3) is 0 Å². The standard InChI is InChI=1S/C10H8O2.Na.H/c1-7-6-10(11)12-9-5-3-2-4-8(7)9;;/h2-6H,1H3;;/q;+1;-1. The molecule has 0 fully saturated rings. The van der Waals surface area contributed by atoms with E-state index in [1.807, 2.05) is 25.1 Å². The van der Waals surface area contributed by atoms with Crippen LogP contribution >= 0.6 is 0 Å². The molecule has 2 rings (SSSR count). The zero-order valence-electron chi connectivity index (χ0n) is 8.70. The molecule has 1 aromatic carbocycles. The van der Waals surface area contributed by atoms with Gasteiger partial charge in [-0.2, -0.15) is 0 Å². The summed E-state index contributed by atoms with van der Waals surface area (Å²) in [6.07, 6.45) is 0. The largest absolute Gasteiger partial charge is 1.00 e. The van der Waals surface area contributed by atoms with Crippen LogP contribution in [0, 0.1) is 6.92 Å². The Morgan fingerprint density at radius 3 is 2.77 bits per heavy atom. The van der Waals surface area contributed by atoms with Crippen LogP contribution in [-0.2, 0) is 0 Å². The van der Waals surface area contributed by atoms with E-state index in [1.54, 1.807) is 6.07 Å². The Bertz CT molecular complexity index is 479. The predicted octanol–water partition coefficient (Wildman–Crippen LogP) is -0.782. The molecule has 62 valence electrons. The van der Waals surface area contributed by atoms with E-state index in [0.717, 1.165) is 10.9 Å². The Balaban J connectivity index is 0.000000845. The van der Waals surface area contributed by atoms with Gasteiger partial charge in [-0.15, -0.1) is 0 Å². The molecular weight excluding hydrogens is 175 g/mol. The van der Waals surface area contributed by atoms with Gasteiger partial charge >= 0.3 is 35.2 Å². The number of aryl methyl sites for hydroxylation is 1. The minimum absolute atomic E-state index is 0. The van der Waals surface area contributed by atoms with Gasteiger partial charge in [-0.3, -0.25) is 0 Å². The number of para-hydroxylation sites is 1. The minimum Gasteiger partial charge on any atom is -1.00 e. The van der Waals surface area contributed by atoms with Gasteiger partial charge in [0.2, 0.25) is 0 Å². The molecule has 1 aromatic heterocycles. The first-order valence-corrected chi connectivity index (χ1v) is 3.77. The summed E-state index contributed by atoms with van der Waals surface area (Å²) < 4.78 is 4.99. The molecule has 0 radical (unpaired) electrons. The zero-order chi connectivity index (χ0) is 8.55. The summed E-state index contributed by atoms with van der Waals surface area (Å²) >= 11 is 0. The summed E-state index contributed by atoms with van der Waals surface area (Å²) in [4.78, 5) is 10.9. The van der Waals surface area contributed by atoms with Crippen LogP contribution in [0.4, 0.5) is 0 Å². The third-order valence-corrected chi connectivity index (χ3v) is 1.86. The molecule has 0 bridgehead atoms. The maximum Gasteiger partial charge on any atom is 1.00 e. The van der Waals surface area contributed by atoms with Gasteiger partial charge in [0.1, 0.15) is 5.58 Å². The van der Waals surface area contributed by atoms with Crippen LogP contribution in [0.1, 0.15) is 6.99 Å². The first-order valence-electron chi connectivity index (χ1n) is 3.77. The minimum atomic E-state index is -0.286. The van der Waals surface area contributed by atoms with Crippen molar-refractivity contribution >= 4 is 11.0 Å². The number of benzene rings is 1. The maximum atomic E-state index is 10.9. The molecule has 0 aliphatic carbocycles. The second-order valence-corrected chi connectivity index (χ2v) is 2.74. The average Bonchev–Trinajstić information content (AvgIpc) is 2.04. The summed E-state index contributed by atoms with van der Waals surface area (Å²) in [6.45, 7) is 1.90. The summed E-state index contributed by atoms with van der Waals surface area (Å²) in [5.74, 6) is 0. The van der Waals surface area contributed by atoms with Crippen molar-refractivity contribution in [1.29, 1.82) is 0 Å². The van der Waals surface area contributed by atoms with Crippen LogP contribution in [0.15, 0.2) is 39.5 Å². The molecule has 0 N–H and O–H groups in total. The van der Waals surface area contributed by atoms with Crippen molar-refractivity contribution in [3.05, 3.63) is 46.3 Å². The van der Waals surface area contributed by atoms with Crippen LogP contribution in [0.25, 0.3) is 11.0 Å². The Morgan fingerprint density at radius 1 is 1.31 bits per heavy atom. The Hall–Kier alpha value is -0.570. The quantitative estimate of drug-likeness (QED) is 0.397. The molecule has 0 spiro atoms. The van der Waals surface area contributed by atoms with Crippen molar-refractivity contribution in [3.63, 3.8) is 0 Å². The van der Waals surface area contributed by atoms with Gasteiger partial charge in [-0.25, -0.2) is 4.79 Å². The number of hydrogen-bond acceptors (Lipinski definition) is 2. The molecule has 0 aliphatic heterocycles. The van der Waals surface area contributed by atoms with Gasteiger partial charge in [-0.05, 0) is 18.6 Å². The number of hydrogen-bond donors (Lipinski definition) is 0. The third kappa shape index (κ3) is 2.02. The van der Waals surface area contributed by atoms with E-state index in [-0.39, 0.29) is 36.6 Å². The van der Waals surface area contributed by atoms with E-state index < -0.39 is 0 Å². The second-order valence-electron chi connectivity index (χ2n) is 2.74. The van der Waals surface area contributed by atoms with Gasteiger partial charge in [-0.1, -0.05) is 18.2 Å². The van der Waals surface area contributed by atoms with Crippen molar-refractivity contribution in [2.24, 2.45) is 0 Å². The Kier molecular flexibility index (Phi) is 3.31. The molecule has 1 heterocycles. The van der Waals surface area contributed by atoms with Crippen LogP contribution in [-0.4, -0.2) is 0 Å². The Labute approximate surface area is 99.3 Å². The van der Waals surface area contributed by atoms with Crippen LogP contribution in [0.5, 0.6) is 0 Å². The normalized spacial score (nSPS) is 9.62. The third-order valence-electron chi connectivity index (χ3n) is 1.86. The van der Waals surface area contributed by atoms with E-state index in [1.165, 1.54) is 6.07 Å². The van der Waals surface area contributed by atoms with Crippen molar-refractivity contribution < 1.29 is 35.4 Å². The number of rotatable bonds is 0. The van der Waals surface area contributed by atoms with Gasteiger partial charge in [0.05, 0.1) is 0 Å². The maximum absolute atomic E-state index is 10.9. The molecule has 2 aromatic rings. The molecule has 0 saturated carbocycles. The van der Waals surface area contributed by atoms with Crippen molar-refractivity contribution in [3.8, 4) is 0 Å². The number of fused-ring (bicyclic) bond motifs is 1. The molecule has 0 saturated heterocycles. The van der Waals surface area contributed by atoms with E-state index in [0.29, 0.717) is 5.58 Å². The summed E-state index contributed by atoms with van der Waals surface area (Å²) in [5.41, 5.74) is 1.33. The molecule has 3 heteroatoms. The fourth-order valence-electron chi connectivity index (χ4n) is 1.27. The Morgan fingerprint density at radius 2 is 2.00 bits per heavy atom. The van der Waals surface area contributed by atoms with Gasteiger partial charge in [0.15, 0.2) is 0 Å². The summed E-state index contributed by atoms with van der Waals surface area (Å²) in [5, 5.41) is 0.997.